The summed E-state index contributed by atoms with van der Waals surface area (Å²) < 4.78 is 10.9. The monoisotopic (exact) mass is 438 g/mol. The number of hydrogen-bond acceptors (Lipinski definition) is 6. The van der Waals surface area contributed by atoms with E-state index in [1.165, 1.54) is 12.0 Å². The van der Waals surface area contributed by atoms with Crippen molar-refractivity contribution in [3.05, 3.63) is 65.2 Å². The van der Waals surface area contributed by atoms with Crippen molar-refractivity contribution in [2.24, 2.45) is 0 Å². The van der Waals surface area contributed by atoms with E-state index < -0.39 is 17.7 Å². The second kappa shape index (κ2) is 10.3. The highest BCUT2D eigenvalue weighted by atomic mass is 16.5. The summed E-state index contributed by atoms with van der Waals surface area (Å²) in [4.78, 5) is 29.9. The SMILES string of the molecule is CCN(CC)CCN1C(=O)C(=O)/C(=C(/O)c2ccccc2)C1c1ccc(OC)cc1OC. The number of Topliss-reactive ketones (excluding diaryl/α,β-unsaturated/α-hetero) is 1. The lowest BCUT2D eigenvalue weighted by Crippen LogP contribution is -2.38. The van der Waals surface area contributed by atoms with Crippen LogP contribution in [0.3, 0.4) is 0 Å². The van der Waals surface area contributed by atoms with Crippen LogP contribution in [0.2, 0.25) is 0 Å². The molecule has 170 valence electrons. The Morgan fingerprint density at radius 3 is 2.31 bits per heavy atom. The molecule has 0 bridgehead atoms. The molecule has 2 aromatic carbocycles. The second-order valence-corrected chi connectivity index (χ2v) is 7.49. The molecule has 1 amide bonds. The lowest BCUT2D eigenvalue weighted by molar-refractivity contribution is -0.140. The molecule has 7 heteroatoms. The predicted octanol–water partition coefficient (Wildman–Crippen LogP) is 3.47. The molecule has 1 fully saturated rings. The van der Waals surface area contributed by atoms with Crippen molar-refractivity contribution in [3.8, 4) is 11.5 Å². The fourth-order valence-corrected chi connectivity index (χ4v) is 4.02. The largest absolute Gasteiger partial charge is 0.507 e. The van der Waals surface area contributed by atoms with Gasteiger partial charge < -0.3 is 24.4 Å². The molecule has 1 saturated heterocycles. The molecule has 3 rings (SSSR count). The Hall–Kier alpha value is -3.32. The van der Waals surface area contributed by atoms with E-state index in [-0.39, 0.29) is 11.3 Å². The van der Waals surface area contributed by atoms with Crippen LogP contribution in [-0.4, -0.2) is 67.0 Å². The first-order valence-corrected chi connectivity index (χ1v) is 10.7. The van der Waals surface area contributed by atoms with Crippen molar-refractivity contribution in [1.29, 1.82) is 0 Å². The van der Waals surface area contributed by atoms with Crippen molar-refractivity contribution in [2.75, 3.05) is 40.4 Å². The first-order chi connectivity index (χ1) is 15.5. The van der Waals surface area contributed by atoms with E-state index in [1.54, 1.807) is 49.6 Å². The van der Waals surface area contributed by atoms with Gasteiger partial charge in [-0.25, -0.2) is 0 Å². The van der Waals surface area contributed by atoms with Gasteiger partial charge in [-0.05, 0) is 25.2 Å². The molecule has 2 aromatic rings. The minimum atomic E-state index is -0.772. The number of likely N-dealkylation sites (tertiary alicyclic amines) is 1. The second-order valence-electron chi connectivity index (χ2n) is 7.49. The molecule has 1 heterocycles. The maximum atomic E-state index is 13.1. The number of amides is 1. The quantitative estimate of drug-likeness (QED) is 0.367. The van der Waals surface area contributed by atoms with Gasteiger partial charge in [0.2, 0.25) is 0 Å². The average molecular weight is 439 g/mol. The number of ketones is 1. The average Bonchev–Trinajstić information content (AvgIpc) is 3.09. The number of ether oxygens (including phenoxy) is 2. The van der Waals surface area contributed by atoms with Gasteiger partial charge in [-0.3, -0.25) is 9.59 Å². The molecular weight excluding hydrogens is 408 g/mol. The Morgan fingerprint density at radius 1 is 1.03 bits per heavy atom. The summed E-state index contributed by atoms with van der Waals surface area (Å²) in [5, 5.41) is 11.1. The normalized spacial score (nSPS) is 17.8. The van der Waals surface area contributed by atoms with Crippen molar-refractivity contribution in [1.82, 2.24) is 9.80 Å². The molecule has 0 radical (unpaired) electrons. The maximum absolute atomic E-state index is 13.1. The molecule has 32 heavy (non-hydrogen) atoms. The Morgan fingerprint density at radius 2 is 1.72 bits per heavy atom. The summed E-state index contributed by atoms with van der Waals surface area (Å²) in [7, 11) is 3.08. The molecule has 1 unspecified atom stereocenters. The van der Waals surface area contributed by atoms with Crippen LogP contribution in [0.5, 0.6) is 11.5 Å². The number of aliphatic hydroxyl groups is 1. The lowest BCUT2D eigenvalue weighted by Gasteiger charge is -2.29. The highest BCUT2D eigenvalue weighted by Crippen LogP contribution is 2.43. The number of methoxy groups -OCH3 is 2. The predicted molar refractivity (Wildman–Crippen MR) is 123 cm³/mol. The Kier molecular flexibility index (Phi) is 7.53. The zero-order valence-electron chi connectivity index (χ0n) is 19.0. The van der Waals surface area contributed by atoms with Crippen LogP contribution in [0.1, 0.15) is 31.0 Å². The van der Waals surface area contributed by atoms with E-state index >= 15 is 0 Å². The number of likely N-dealkylation sites (N-methyl/N-ethyl adjacent to an activating group) is 1. The Bertz CT molecular complexity index is 999. The number of aliphatic hydroxyl groups excluding tert-OH is 1. The summed E-state index contributed by atoms with van der Waals surface area (Å²) in [5.74, 6) is -0.458. The van der Waals surface area contributed by atoms with Crippen LogP contribution in [0.4, 0.5) is 0 Å². The van der Waals surface area contributed by atoms with Crippen LogP contribution >= 0.6 is 0 Å². The van der Waals surface area contributed by atoms with Crippen LogP contribution in [0.15, 0.2) is 54.1 Å². The Labute approximate surface area is 188 Å². The van der Waals surface area contributed by atoms with Crippen molar-refractivity contribution in [3.63, 3.8) is 0 Å². The molecular formula is C25H30N2O5. The van der Waals surface area contributed by atoms with Gasteiger partial charge in [0.1, 0.15) is 17.3 Å². The van der Waals surface area contributed by atoms with Gasteiger partial charge in [-0.2, -0.15) is 0 Å². The molecule has 0 aromatic heterocycles. The van der Waals surface area contributed by atoms with Gasteiger partial charge in [0.25, 0.3) is 11.7 Å². The van der Waals surface area contributed by atoms with E-state index in [2.05, 4.69) is 18.7 Å². The molecule has 1 aliphatic heterocycles. The molecule has 0 spiro atoms. The lowest BCUT2D eigenvalue weighted by atomic mass is 9.94. The van der Waals surface area contributed by atoms with Gasteiger partial charge in [-0.1, -0.05) is 44.2 Å². The van der Waals surface area contributed by atoms with E-state index in [0.717, 1.165) is 13.1 Å². The molecule has 1 atom stereocenters. The van der Waals surface area contributed by atoms with E-state index in [4.69, 9.17) is 9.47 Å². The molecule has 1 aliphatic rings. The highest BCUT2D eigenvalue weighted by Gasteiger charge is 2.47. The number of carbonyl (C=O) groups is 2. The fourth-order valence-electron chi connectivity index (χ4n) is 4.02. The zero-order chi connectivity index (χ0) is 23.3. The Balaban J connectivity index is 2.16. The fraction of sp³-hybridized carbons (Fsp3) is 0.360. The number of benzene rings is 2. The number of rotatable bonds is 9. The van der Waals surface area contributed by atoms with Crippen molar-refractivity contribution >= 4 is 17.4 Å². The van der Waals surface area contributed by atoms with Crippen molar-refractivity contribution in [2.45, 2.75) is 19.9 Å². The minimum Gasteiger partial charge on any atom is -0.507 e. The first-order valence-electron chi connectivity index (χ1n) is 10.7. The van der Waals surface area contributed by atoms with Gasteiger partial charge in [0.05, 0.1) is 25.8 Å². The minimum absolute atomic E-state index is 0.0595. The van der Waals surface area contributed by atoms with Crippen LogP contribution in [0, 0.1) is 0 Å². The van der Waals surface area contributed by atoms with E-state index in [1.807, 2.05) is 6.07 Å². The topological polar surface area (TPSA) is 79.3 Å². The third-order valence-electron chi connectivity index (χ3n) is 5.87. The third-order valence-corrected chi connectivity index (χ3v) is 5.87. The van der Waals surface area contributed by atoms with E-state index in [0.29, 0.717) is 35.7 Å². The van der Waals surface area contributed by atoms with Gasteiger partial charge in [0.15, 0.2) is 0 Å². The van der Waals surface area contributed by atoms with Gasteiger partial charge in [0, 0.05) is 30.3 Å². The maximum Gasteiger partial charge on any atom is 0.295 e. The van der Waals surface area contributed by atoms with Crippen LogP contribution < -0.4 is 9.47 Å². The smallest absolute Gasteiger partial charge is 0.295 e. The molecule has 0 saturated carbocycles. The summed E-state index contributed by atoms with van der Waals surface area (Å²) in [6.45, 7) is 6.73. The van der Waals surface area contributed by atoms with Crippen LogP contribution in [0.25, 0.3) is 5.76 Å². The van der Waals surface area contributed by atoms with Crippen molar-refractivity contribution < 1.29 is 24.2 Å². The molecule has 7 nitrogen and oxygen atoms in total. The summed E-state index contributed by atoms with van der Waals surface area (Å²) in [6.07, 6.45) is 0. The highest BCUT2D eigenvalue weighted by molar-refractivity contribution is 6.46. The standard InChI is InChI=1S/C25H30N2O5/c1-5-26(6-2)14-15-27-22(19-13-12-18(31-3)16-20(19)32-4)21(24(29)25(27)30)23(28)17-10-8-7-9-11-17/h7-13,16,22,28H,5-6,14-15H2,1-4H3/b23-21+. The number of carbonyl (C=O) groups excluding carboxylic acids is 2. The summed E-state index contributed by atoms with van der Waals surface area (Å²) in [5.41, 5.74) is 1.15. The summed E-state index contributed by atoms with van der Waals surface area (Å²) in [6, 6.07) is 13.3. The van der Waals surface area contributed by atoms with Gasteiger partial charge in [-0.15, -0.1) is 0 Å². The molecule has 1 N–H and O–H groups in total. The number of nitrogens with zero attached hydrogens (tertiary/aromatic N) is 2. The number of hydrogen-bond donors (Lipinski definition) is 1. The van der Waals surface area contributed by atoms with Gasteiger partial charge >= 0.3 is 0 Å². The third kappa shape index (κ3) is 4.48. The molecule has 0 aliphatic carbocycles. The first kappa shape index (κ1) is 23.3. The van der Waals surface area contributed by atoms with E-state index in [9.17, 15) is 14.7 Å². The zero-order valence-corrected chi connectivity index (χ0v) is 19.0. The van der Waals surface area contributed by atoms with Crippen LogP contribution in [-0.2, 0) is 9.59 Å². The summed E-state index contributed by atoms with van der Waals surface area (Å²) >= 11 is 0.